The van der Waals surface area contributed by atoms with Crippen molar-refractivity contribution in [2.24, 2.45) is 0 Å². The Morgan fingerprint density at radius 2 is 2.07 bits per heavy atom. The van der Waals surface area contributed by atoms with Crippen molar-refractivity contribution in [1.29, 1.82) is 0 Å². The second-order valence-electron chi connectivity index (χ2n) is 3.99. The van der Waals surface area contributed by atoms with Crippen molar-refractivity contribution in [3.63, 3.8) is 0 Å². The fraction of sp³-hybridized carbons (Fsp3) is 0.500. The maximum Gasteiger partial charge on any atom is 0.118 e. The highest BCUT2D eigenvalue weighted by Crippen LogP contribution is 2.42. The van der Waals surface area contributed by atoms with E-state index in [-0.39, 0.29) is 12.2 Å². The second-order valence-corrected chi connectivity index (χ2v) is 3.99. The molecule has 0 radical (unpaired) electrons. The summed E-state index contributed by atoms with van der Waals surface area (Å²) in [6.07, 6.45) is 1.88. The Kier molecular flexibility index (Phi) is 2.15. The highest BCUT2D eigenvalue weighted by molar-refractivity contribution is 5.30. The van der Waals surface area contributed by atoms with Crippen molar-refractivity contribution in [2.75, 3.05) is 13.7 Å². The van der Waals surface area contributed by atoms with Crippen molar-refractivity contribution < 1.29 is 14.2 Å². The van der Waals surface area contributed by atoms with Gasteiger partial charge in [0.25, 0.3) is 0 Å². The van der Waals surface area contributed by atoms with Gasteiger partial charge in [-0.2, -0.15) is 0 Å². The molecule has 3 heteroatoms. The van der Waals surface area contributed by atoms with Crippen LogP contribution in [0.5, 0.6) is 5.75 Å². The maximum absolute atomic E-state index is 5.73. The molecule has 0 unspecified atom stereocenters. The molecule has 2 aliphatic rings. The first-order valence-electron chi connectivity index (χ1n) is 5.29. The molecule has 0 N–H and O–H groups in total. The lowest BCUT2D eigenvalue weighted by Gasteiger charge is -2.19. The third-order valence-electron chi connectivity index (χ3n) is 3.06. The van der Waals surface area contributed by atoms with E-state index in [4.69, 9.17) is 14.2 Å². The molecule has 0 spiro atoms. The number of methoxy groups -OCH3 is 1. The van der Waals surface area contributed by atoms with E-state index in [1.54, 1.807) is 7.11 Å². The van der Waals surface area contributed by atoms with E-state index >= 15 is 0 Å². The summed E-state index contributed by atoms with van der Waals surface area (Å²) in [5, 5.41) is 0. The van der Waals surface area contributed by atoms with Crippen LogP contribution in [0.2, 0.25) is 0 Å². The van der Waals surface area contributed by atoms with Crippen molar-refractivity contribution >= 4 is 0 Å². The van der Waals surface area contributed by atoms with Gasteiger partial charge in [-0.05, 0) is 24.1 Å². The Morgan fingerprint density at radius 3 is 2.80 bits per heavy atom. The first-order valence-corrected chi connectivity index (χ1v) is 5.29. The van der Waals surface area contributed by atoms with Crippen LogP contribution in [-0.2, 0) is 9.47 Å². The van der Waals surface area contributed by atoms with Gasteiger partial charge in [0.2, 0.25) is 0 Å². The molecule has 0 aliphatic carbocycles. The summed E-state index contributed by atoms with van der Waals surface area (Å²) in [5.74, 6) is 0.878. The molecule has 0 bridgehead atoms. The topological polar surface area (TPSA) is 31.0 Å². The van der Waals surface area contributed by atoms with Crippen LogP contribution in [0.4, 0.5) is 0 Å². The highest BCUT2D eigenvalue weighted by Gasteiger charge is 2.48. The van der Waals surface area contributed by atoms with Crippen LogP contribution in [0.25, 0.3) is 0 Å². The lowest BCUT2D eigenvalue weighted by molar-refractivity contribution is 0.0254. The van der Waals surface area contributed by atoms with Gasteiger partial charge in [0.1, 0.15) is 18.0 Å². The molecule has 15 heavy (non-hydrogen) atoms. The average molecular weight is 206 g/mol. The molecule has 2 saturated heterocycles. The molecular formula is C12H14O3. The molecular weight excluding hydrogens is 192 g/mol. The molecule has 2 fully saturated rings. The minimum atomic E-state index is 0.120. The van der Waals surface area contributed by atoms with Gasteiger partial charge in [0.05, 0.1) is 19.8 Å². The van der Waals surface area contributed by atoms with E-state index in [1.807, 2.05) is 24.3 Å². The number of epoxide rings is 1. The summed E-state index contributed by atoms with van der Waals surface area (Å²) in [4.78, 5) is 0. The first kappa shape index (κ1) is 9.19. The first-order chi connectivity index (χ1) is 7.38. The Balaban J connectivity index is 1.79. The van der Waals surface area contributed by atoms with Crippen LogP contribution < -0.4 is 4.74 Å². The molecule has 0 aromatic heterocycles. The molecule has 0 amide bonds. The molecule has 2 heterocycles. The van der Waals surface area contributed by atoms with E-state index in [0.29, 0.717) is 6.10 Å². The summed E-state index contributed by atoms with van der Waals surface area (Å²) in [7, 11) is 1.67. The molecule has 0 saturated carbocycles. The van der Waals surface area contributed by atoms with Gasteiger partial charge in [-0.3, -0.25) is 0 Å². The number of benzene rings is 1. The number of ether oxygens (including phenoxy) is 3. The quantitative estimate of drug-likeness (QED) is 0.693. The third kappa shape index (κ3) is 1.62. The van der Waals surface area contributed by atoms with E-state index in [2.05, 4.69) is 0 Å². The molecule has 3 atom stereocenters. The van der Waals surface area contributed by atoms with Crippen molar-refractivity contribution in [3.05, 3.63) is 29.8 Å². The van der Waals surface area contributed by atoms with Gasteiger partial charge in [-0.25, -0.2) is 0 Å². The SMILES string of the molecule is COc1ccc([C@H]2OCC[C@@H]3O[C@@H]32)cc1. The van der Waals surface area contributed by atoms with Crippen LogP contribution in [-0.4, -0.2) is 25.9 Å². The summed E-state index contributed by atoms with van der Waals surface area (Å²) < 4.78 is 16.4. The zero-order chi connectivity index (χ0) is 10.3. The Hall–Kier alpha value is -1.06. The Bertz CT molecular complexity index is 346. The largest absolute Gasteiger partial charge is 0.497 e. The molecule has 2 aliphatic heterocycles. The van der Waals surface area contributed by atoms with E-state index < -0.39 is 0 Å². The Morgan fingerprint density at radius 1 is 1.27 bits per heavy atom. The van der Waals surface area contributed by atoms with Crippen molar-refractivity contribution in [2.45, 2.75) is 24.7 Å². The van der Waals surface area contributed by atoms with E-state index in [9.17, 15) is 0 Å². The lowest BCUT2D eigenvalue weighted by atomic mass is 10.0. The summed E-state index contributed by atoms with van der Waals surface area (Å²) in [6, 6.07) is 8.02. The van der Waals surface area contributed by atoms with Crippen molar-refractivity contribution in [1.82, 2.24) is 0 Å². The predicted molar refractivity (Wildman–Crippen MR) is 55.0 cm³/mol. The minimum Gasteiger partial charge on any atom is -0.497 e. The van der Waals surface area contributed by atoms with Crippen LogP contribution in [0.3, 0.4) is 0 Å². The van der Waals surface area contributed by atoms with Gasteiger partial charge >= 0.3 is 0 Å². The fourth-order valence-corrected chi connectivity index (χ4v) is 2.14. The standard InChI is InChI=1S/C12H14O3/c1-13-9-4-2-8(3-5-9)11-12-10(15-12)6-7-14-11/h2-5,10-12H,6-7H2,1H3/t10-,11+,12-/m0/s1. The predicted octanol–water partition coefficient (Wildman–Crippen LogP) is 1.92. The summed E-state index contributed by atoms with van der Waals surface area (Å²) >= 11 is 0. The van der Waals surface area contributed by atoms with Gasteiger partial charge in [0, 0.05) is 0 Å². The minimum absolute atomic E-state index is 0.120. The van der Waals surface area contributed by atoms with Gasteiger partial charge in [-0.15, -0.1) is 0 Å². The van der Waals surface area contributed by atoms with E-state index in [0.717, 1.165) is 18.8 Å². The normalized spacial score (nSPS) is 33.3. The lowest BCUT2D eigenvalue weighted by Crippen LogP contribution is -2.20. The smallest absolute Gasteiger partial charge is 0.118 e. The summed E-state index contributed by atoms with van der Waals surface area (Å²) in [6.45, 7) is 0.803. The van der Waals surface area contributed by atoms with Crippen molar-refractivity contribution in [3.8, 4) is 5.75 Å². The molecule has 1 aromatic carbocycles. The highest BCUT2D eigenvalue weighted by atomic mass is 16.6. The molecule has 3 nitrogen and oxygen atoms in total. The second kappa shape index (κ2) is 3.51. The monoisotopic (exact) mass is 206 g/mol. The maximum atomic E-state index is 5.73. The third-order valence-corrected chi connectivity index (χ3v) is 3.06. The molecule has 1 aromatic rings. The zero-order valence-corrected chi connectivity index (χ0v) is 8.68. The average Bonchev–Trinajstić information content (AvgIpc) is 3.08. The van der Waals surface area contributed by atoms with E-state index in [1.165, 1.54) is 5.56 Å². The van der Waals surface area contributed by atoms with Gasteiger partial charge in [0.15, 0.2) is 0 Å². The number of rotatable bonds is 2. The number of hydrogen-bond donors (Lipinski definition) is 0. The molecule has 80 valence electrons. The van der Waals surface area contributed by atoms with Crippen LogP contribution in [0, 0.1) is 0 Å². The van der Waals surface area contributed by atoms with Gasteiger partial charge in [-0.1, -0.05) is 12.1 Å². The molecule has 3 rings (SSSR count). The number of hydrogen-bond acceptors (Lipinski definition) is 3. The number of fused-ring (bicyclic) bond motifs is 1. The van der Waals surface area contributed by atoms with Crippen LogP contribution in [0.1, 0.15) is 18.1 Å². The van der Waals surface area contributed by atoms with Crippen LogP contribution >= 0.6 is 0 Å². The Labute approximate surface area is 89.0 Å². The summed E-state index contributed by atoms with van der Waals surface area (Å²) in [5.41, 5.74) is 1.18. The fourth-order valence-electron chi connectivity index (χ4n) is 2.14. The van der Waals surface area contributed by atoms with Gasteiger partial charge < -0.3 is 14.2 Å². The van der Waals surface area contributed by atoms with Crippen LogP contribution in [0.15, 0.2) is 24.3 Å². The zero-order valence-electron chi connectivity index (χ0n) is 8.68.